The Bertz CT molecular complexity index is 702. The average Bonchev–Trinajstić information content (AvgIpc) is 2.38. The molecule has 1 amide bonds. The Morgan fingerprint density at radius 2 is 2.21 bits per heavy atom. The Morgan fingerprint density at radius 3 is 2.79 bits per heavy atom. The minimum atomic E-state index is -0.181. The molecule has 0 saturated heterocycles. The van der Waals surface area contributed by atoms with E-state index in [1.807, 2.05) is 6.92 Å². The monoisotopic (exact) mass is 255 g/mol. The molecule has 0 unspecified atom stereocenters. The molecule has 1 aromatic carbocycles. The number of hydrogen-bond donors (Lipinski definition) is 1. The number of anilines is 1. The number of rotatable bonds is 2. The van der Waals surface area contributed by atoms with Gasteiger partial charge in [-0.3, -0.25) is 9.78 Å². The van der Waals surface area contributed by atoms with Crippen LogP contribution in [0.5, 0.6) is 5.75 Å². The van der Waals surface area contributed by atoms with Crippen molar-refractivity contribution in [2.75, 3.05) is 12.4 Å². The van der Waals surface area contributed by atoms with Gasteiger partial charge >= 0.3 is 0 Å². The SMILES string of the molecule is COc1cc2ncc(C#N)c(C)c2cc1NC(C)=O. The maximum absolute atomic E-state index is 11.2. The number of ether oxygens (including phenoxy) is 1. The first-order chi connectivity index (χ1) is 9.06. The summed E-state index contributed by atoms with van der Waals surface area (Å²) in [4.78, 5) is 15.4. The van der Waals surface area contributed by atoms with E-state index in [0.717, 1.165) is 16.5 Å². The molecule has 0 fully saturated rings. The number of carbonyl (C=O) groups excluding carboxylic acids is 1. The molecule has 2 aromatic rings. The maximum Gasteiger partial charge on any atom is 0.221 e. The lowest BCUT2D eigenvalue weighted by atomic mass is 10.0. The average molecular weight is 255 g/mol. The van der Waals surface area contributed by atoms with Gasteiger partial charge in [0.2, 0.25) is 5.91 Å². The van der Waals surface area contributed by atoms with Crippen LogP contribution in [0.1, 0.15) is 18.1 Å². The number of carbonyl (C=O) groups is 1. The fraction of sp³-hybridized carbons (Fsp3) is 0.214. The minimum Gasteiger partial charge on any atom is -0.494 e. The van der Waals surface area contributed by atoms with Crippen molar-refractivity contribution in [2.24, 2.45) is 0 Å². The van der Waals surface area contributed by atoms with Gasteiger partial charge in [-0.15, -0.1) is 0 Å². The van der Waals surface area contributed by atoms with E-state index in [9.17, 15) is 4.79 Å². The lowest BCUT2D eigenvalue weighted by Gasteiger charge is -2.12. The van der Waals surface area contributed by atoms with E-state index in [1.165, 1.54) is 20.2 Å². The minimum absolute atomic E-state index is 0.181. The maximum atomic E-state index is 11.2. The van der Waals surface area contributed by atoms with E-state index in [4.69, 9.17) is 10.00 Å². The molecule has 2 rings (SSSR count). The van der Waals surface area contributed by atoms with Crippen LogP contribution < -0.4 is 10.1 Å². The van der Waals surface area contributed by atoms with Gasteiger partial charge in [0.15, 0.2) is 0 Å². The van der Waals surface area contributed by atoms with Crippen LogP contribution in [-0.2, 0) is 4.79 Å². The number of fused-ring (bicyclic) bond motifs is 1. The molecule has 1 aromatic heterocycles. The van der Waals surface area contributed by atoms with Crippen LogP contribution in [0.15, 0.2) is 18.3 Å². The number of benzene rings is 1. The van der Waals surface area contributed by atoms with Gasteiger partial charge < -0.3 is 10.1 Å². The van der Waals surface area contributed by atoms with E-state index >= 15 is 0 Å². The summed E-state index contributed by atoms with van der Waals surface area (Å²) < 4.78 is 5.23. The van der Waals surface area contributed by atoms with Crippen LogP contribution in [0.3, 0.4) is 0 Å². The predicted molar refractivity (Wildman–Crippen MR) is 72.1 cm³/mol. The van der Waals surface area contributed by atoms with E-state index in [2.05, 4.69) is 16.4 Å². The summed E-state index contributed by atoms with van der Waals surface area (Å²) in [6.45, 7) is 3.28. The third-order valence-corrected chi connectivity index (χ3v) is 2.89. The fourth-order valence-corrected chi connectivity index (χ4v) is 1.92. The molecule has 1 N–H and O–H groups in total. The van der Waals surface area contributed by atoms with Crippen molar-refractivity contribution < 1.29 is 9.53 Å². The summed E-state index contributed by atoms with van der Waals surface area (Å²) in [7, 11) is 1.53. The van der Waals surface area contributed by atoms with Gasteiger partial charge in [-0.1, -0.05) is 0 Å². The summed E-state index contributed by atoms with van der Waals surface area (Å²) in [5.74, 6) is 0.360. The molecule has 96 valence electrons. The molecule has 1 heterocycles. The Balaban J connectivity index is 2.72. The van der Waals surface area contributed by atoms with Gasteiger partial charge in [0, 0.05) is 24.6 Å². The molecule has 0 bridgehead atoms. The third-order valence-electron chi connectivity index (χ3n) is 2.89. The van der Waals surface area contributed by atoms with E-state index in [0.29, 0.717) is 17.0 Å². The van der Waals surface area contributed by atoms with Gasteiger partial charge in [0.25, 0.3) is 0 Å². The topological polar surface area (TPSA) is 75.0 Å². The zero-order valence-electron chi connectivity index (χ0n) is 10.9. The number of aromatic nitrogens is 1. The fourth-order valence-electron chi connectivity index (χ4n) is 1.92. The van der Waals surface area contributed by atoms with Crippen molar-refractivity contribution in [3.05, 3.63) is 29.5 Å². The Hall–Kier alpha value is -2.61. The van der Waals surface area contributed by atoms with Gasteiger partial charge in [-0.05, 0) is 18.6 Å². The van der Waals surface area contributed by atoms with E-state index < -0.39 is 0 Å². The second-order valence-electron chi connectivity index (χ2n) is 4.16. The summed E-state index contributed by atoms with van der Waals surface area (Å²) in [6, 6.07) is 5.62. The second-order valence-corrected chi connectivity index (χ2v) is 4.16. The standard InChI is InChI=1S/C14H13N3O2/c1-8-10(6-15)7-16-12-5-14(19-3)13(4-11(8)12)17-9(2)18/h4-5,7H,1-3H3,(H,17,18). The van der Waals surface area contributed by atoms with Crippen LogP contribution in [0.25, 0.3) is 10.9 Å². The normalized spacial score (nSPS) is 10.0. The number of nitrogens with zero attached hydrogens (tertiary/aromatic N) is 2. The molecule has 5 nitrogen and oxygen atoms in total. The zero-order chi connectivity index (χ0) is 14.0. The molecule has 0 aliphatic heterocycles. The number of nitriles is 1. The highest BCUT2D eigenvalue weighted by Gasteiger charge is 2.11. The van der Waals surface area contributed by atoms with Crippen LogP contribution in [0, 0.1) is 18.3 Å². The summed E-state index contributed by atoms with van der Waals surface area (Å²) in [5, 5.41) is 12.5. The Morgan fingerprint density at radius 1 is 1.47 bits per heavy atom. The molecule has 0 radical (unpaired) electrons. The zero-order valence-corrected chi connectivity index (χ0v) is 10.9. The van der Waals surface area contributed by atoms with Gasteiger partial charge in [0.1, 0.15) is 11.8 Å². The van der Waals surface area contributed by atoms with Crippen LogP contribution in [0.4, 0.5) is 5.69 Å². The quantitative estimate of drug-likeness (QED) is 0.894. The Kier molecular flexibility index (Phi) is 3.34. The van der Waals surface area contributed by atoms with Crippen molar-refractivity contribution in [3.63, 3.8) is 0 Å². The van der Waals surface area contributed by atoms with Gasteiger partial charge in [-0.2, -0.15) is 5.26 Å². The summed E-state index contributed by atoms with van der Waals surface area (Å²) in [5.41, 5.74) is 2.65. The molecule has 5 heteroatoms. The summed E-state index contributed by atoms with van der Waals surface area (Å²) in [6.07, 6.45) is 1.54. The van der Waals surface area contributed by atoms with Crippen molar-refractivity contribution >= 4 is 22.5 Å². The smallest absolute Gasteiger partial charge is 0.221 e. The van der Waals surface area contributed by atoms with E-state index in [-0.39, 0.29) is 5.91 Å². The lowest BCUT2D eigenvalue weighted by molar-refractivity contribution is -0.114. The molecular formula is C14H13N3O2. The first-order valence-corrected chi connectivity index (χ1v) is 5.72. The van der Waals surface area contributed by atoms with Crippen molar-refractivity contribution in [3.8, 4) is 11.8 Å². The molecule has 0 atom stereocenters. The van der Waals surface area contributed by atoms with Crippen molar-refractivity contribution in [1.82, 2.24) is 4.98 Å². The Labute approximate surface area is 110 Å². The molecule has 0 saturated carbocycles. The first kappa shape index (κ1) is 12.8. The van der Waals surface area contributed by atoms with E-state index in [1.54, 1.807) is 12.1 Å². The molecular weight excluding hydrogens is 242 g/mol. The highest BCUT2D eigenvalue weighted by molar-refractivity contribution is 5.96. The van der Waals surface area contributed by atoms with Crippen LogP contribution >= 0.6 is 0 Å². The van der Waals surface area contributed by atoms with Crippen LogP contribution in [-0.4, -0.2) is 18.0 Å². The number of amides is 1. The lowest BCUT2D eigenvalue weighted by Crippen LogP contribution is -2.07. The summed E-state index contributed by atoms with van der Waals surface area (Å²) >= 11 is 0. The highest BCUT2D eigenvalue weighted by atomic mass is 16.5. The number of aryl methyl sites for hydroxylation is 1. The van der Waals surface area contributed by atoms with Gasteiger partial charge in [-0.25, -0.2) is 0 Å². The van der Waals surface area contributed by atoms with Gasteiger partial charge in [0.05, 0.1) is 23.9 Å². The molecule has 0 spiro atoms. The van der Waals surface area contributed by atoms with Crippen molar-refractivity contribution in [1.29, 1.82) is 5.26 Å². The number of hydrogen-bond acceptors (Lipinski definition) is 4. The number of methoxy groups -OCH3 is 1. The number of nitrogens with one attached hydrogen (secondary N) is 1. The molecule has 0 aliphatic rings. The highest BCUT2D eigenvalue weighted by Crippen LogP contribution is 2.31. The third kappa shape index (κ3) is 2.33. The predicted octanol–water partition coefficient (Wildman–Crippen LogP) is 2.38. The van der Waals surface area contributed by atoms with Crippen LogP contribution in [0.2, 0.25) is 0 Å². The largest absolute Gasteiger partial charge is 0.494 e. The van der Waals surface area contributed by atoms with Crippen molar-refractivity contribution in [2.45, 2.75) is 13.8 Å². The second kappa shape index (κ2) is 4.94. The first-order valence-electron chi connectivity index (χ1n) is 5.72. The number of pyridine rings is 1. The molecule has 0 aliphatic carbocycles. The molecule has 19 heavy (non-hydrogen) atoms.